The Morgan fingerprint density at radius 1 is 1.08 bits per heavy atom. The molecule has 0 radical (unpaired) electrons. The van der Waals surface area contributed by atoms with Crippen LogP contribution in [-0.2, 0) is 9.47 Å². The van der Waals surface area contributed by atoms with Gasteiger partial charge in [0, 0.05) is 26.3 Å². The number of hydrogen-bond acceptors (Lipinski definition) is 3. The van der Waals surface area contributed by atoms with Crippen LogP contribution in [0.4, 0.5) is 0 Å². The zero-order valence-electron chi connectivity index (χ0n) is 9.04. The molecule has 1 saturated carbocycles. The Balaban J connectivity index is 2.38. The minimum atomic E-state index is 0.265. The van der Waals surface area contributed by atoms with Crippen molar-refractivity contribution in [2.75, 3.05) is 14.2 Å². The van der Waals surface area contributed by atoms with E-state index in [2.05, 4.69) is 19.2 Å². The fraction of sp³-hybridized carbons (Fsp3) is 1.00. The van der Waals surface area contributed by atoms with Gasteiger partial charge in [-0.1, -0.05) is 13.8 Å². The lowest BCUT2D eigenvalue weighted by Gasteiger charge is -2.15. The van der Waals surface area contributed by atoms with E-state index < -0.39 is 0 Å². The molecule has 1 N–H and O–H groups in total. The van der Waals surface area contributed by atoms with E-state index in [-0.39, 0.29) is 12.2 Å². The summed E-state index contributed by atoms with van der Waals surface area (Å²) in [5.41, 5.74) is 0. The van der Waals surface area contributed by atoms with Crippen molar-refractivity contribution in [1.29, 1.82) is 0 Å². The molecule has 0 aromatic carbocycles. The van der Waals surface area contributed by atoms with Crippen LogP contribution in [0.15, 0.2) is 0 Å². The summed E-state index contributed by atoms with van der Waals surface area (Å²) in [5.74, 6) is 0. The van der Waals surface area contributed by atoms with Crippen LogP contribution in [0.1, 0.15) is 26.7 Å². The van der Waals surface area contributed by atoms with Gasteiger partial charge in [-0.05, 0) is 12.8 Å². The molecule has 3 nitrogen and oxygen atoms in total. The first-order chi connectivity index (χ1) is 6.17. The van der Waals surface area contributed by atoms with Crippen molar-refractivity contribution in [3.8, 4) is 0 Å². The van der Waals surface area contributed by atoms with E-state index in [1.54, 1.807) is 14.2 Å². The van der Waals surface area contributed by atoms with Crippen molar-refractivity contribution in [1.82, 2.24) is 5.32 Å². The molecule has 0 amide bonds. The van der Waals surface area contributed by atoms with E-state index in [1.165, 1.54) is 0 Å². The van der Waals surface area contributed by atoms with Crippen LogP contribution >= 0.6 is 0 Å². The van der Waals surface area contributed by atoms with Crippen molar-refractivity contribution >= 4 is 0 Å². The highest BCUT2D eigenvalue weighted by molar-refractivity contribution is 4.89. The monoisotopic (exact) mass is 187 g/mol. The van der Waals surface area contributed by atoms with Gasteiger partial charge in [0.15, 0.2) is 0 Å². The lowest BCUT2D eigenvalue weighted by molar-refractivity contribution is -0.0157. The molecule has 0 unspecified atom stereocenters. The van der Waals surface area contributed by atoms with Crippen molar-refractivity contribution in [3.05, 3.63) is 0 Å². The van der Waals surface area contributed by atoms with Gasteiger partial charge in [-0.25, -0.2) is 0 Å². The smallest absolute Gasteiger partial charge is 0.0848 e. The molecule has 3 heteroatoms. The number of methoxy groups -OCH3 is 2. The first-order valence-corrected chi connectivity index (χ1v) is 4.99. The molecule has 78 valence electrons. The Morgan fingerprint density at radius 3 is 1.85 bits per heavy atom. The molecule has 1 fully saturated rings. The Hall–Kier alpha value is -0.120. The molecular formula is C10H21NO2. The molecule has 3 atom stereocenters. The summed E-state index contributed by atoms with van der Waals surface area (Å²) >= 11 is 0. The Kier molecular flexibility index (Phi) is 4.16. The number of rotatable bonds is 4. The topological polar surface area (TPSA) is 30.5 Å². The van der Waals surface area contributed by atoms with Crippen LogP contribution in [0.3, 0.4) is 0 Å². The van der Waals surface area contributed by atoms with Crippen LogP contribution in [0.25, 0.3) is 0 Å². The van der Waals surface area contributed by atoms with E-state index >= 15 is 0 Å². The first-order valence-electron chi connectivity index (χ1n) is 4.99. The van der Waals surface area contributed by atoms with Crippen molar-refractivity contribution in [2.24, 2.45) is 0 Å². The molecule has 0 heterocycles. The van der Waals surface area contributed by atoms with Gasteiger partial charge in [-0.15, -0.1) is 0 Å². The quantitative estimate of drug-likeness (QED) is 0.717. The van der Waals surface area contributed by atoms with E-state index in [0.29, 0.717) is 12.1 Å². The maximum atomic E-state index is 5.36. The summed E-state index contributed by atoms with van der Waals surface area (Å²) in [6, 6.07) is 1.09. The Morgan fingerprint density at radius 2 is 1.54 bits per heavy atom. The standard InChI is InChI=1S/C10H21NO2/c1-7(2)11-8-5-9(12-3)10(6-8)13-4/h7-11H,5-6H2,1-4H3/t8-,9-,10+. The van der Waals surface area contributed by atoms with Crippen LogP contribution in [0.2, 0.25) is 0 Å². The zero-order valence-corrected chi connectivity index (χ0v) is 9.04. The van der Waals surface area contributed by atoms with Gasteiger partial charge in [-0.2, -0.15) is 0 Å². The molecule has 0 aliphatic heterocycles. The summed E-state index contributed by atoms with van der Waals surface area (Å²) in [6.45, 7) is 4.34. The van der Waals surface area contributed by atoms with Crippen LogP contribution < -0.4 is 5.32 Å². The summed E-state index contributed by atoms with van der Waals surface area (Å²) in [7, 11) is 3.52. The van der Waals surface area contributed by atoms with Gasteiger partial charge in [0.1, 0.15) is 0 Å². The molecular weight excluding hydrogens is 166 g/mol. The summed E-state index contributed by atoms with van der Waals surface area (Å²) < 4.78 is 10.7. The zero-order chi connectivity index (χ0) is 9.84. The predicted octanol–water partition coefficient (Wildman–Crippen LogP) is 1.18. The Bertz CT molecular complexity index is 138. The van der Waals surface area contributed by atoms with E-state index in [4.69, 9.17) is 9.47 Å². The van der Waals surface area contributed by atoms with E-state index in [9.17, 15) is 0 Å². The third-order valence-corrected chi connectivity index (χ3v) is 2.62. The number of ether oxygens (including phenoxy) is 2. The number of nitrogens with one attached hydrogen (secondary N) is 1. The van der Waals surface area contributed by atoms with Gasteiger partial charge in [0.05, 0.1) is 12.2 Å². The normalized spacial score (nSPS) is 34.4. The van der Waals surface area contributed by atoms with E-state index in [0.717, 1.165) is 12.8 Å². The molecule has 0 aromatic rings. The summed E-state index contributed by atoms with van der Waals surface area (Å²) in [4.78, 5) is 0. The Labute approximate surface area is 80.8 Å². The van der Waals surface area contributed by atoms with E-state index in [1.807, 2.05) is 0 Å². The largest absolute Gasteiger partial charge is 0.379 e. The SMILES string of the molecule is CO[C@H]1C[C@H](NC(C)C)C[C@H]1OC. The molecule has 1 rings (SSSR count). The number of hydrogen-bond donors (Lipinski definition) is 1. The van der Waals surface area contributed by atoms with Gasteiger partial charge in [-0.3, -0.25) is 0 Å². The van der Waals surface area contributed by atoms with Crippen molar-refractivity contribution in [3.63, 3.8) is 0 Å². The maximum Gasteiger partial charge on any atom is 0.0848 e. The second-order valence-electron chi connectivity index (χ2n) is 4.04. The average molecular weight is 187 g/mol. The predicted molar refractivity (Wildman–Crippen MR) is 52.9 cm³/mol. The minimum Gasteiger partial charge on any atom is -0.379 e. The average Bonchev–Trinajstić information content (AvgIpc) is 2.45. The second kappa shape index (κ2) is 4.94. The molecule has 0 saturated heterocycles. The van der Waals surface area contributed by atoms with Crippen LogP contribution in [0.5, 0.6) is 0 Å². The third kappa shape index (κ3) is 2.93. The third-order valence-electron chi connectivity index (χ3n) is 2.62. The highest BCUT2D eigenvalue weighted by Gasteiger charge is 2.34. The molecule has 1 aliphatic rings. The molecule has 0 aromatic heterocycles. The fourth-order valence-corrected chi connectivity index (χ4v) is 2.06. The lowest BCUT2D eigenvalue weighted by atomic mass is 10.2. The maximum absolute atomic E-state index is 5.36. The minimum absolute atomic E-state index is 0.265. The molecule has 0 bridgehead atoms. The van der Waals surface area contributed by atoms with Crippen LogP contribution in [-0.4, -0.2) is 38.5 Å². The van der Waals surface area contributed by atoms with Crippen LogP contribution in [0, 0.1) is 0 Å². The molecule has 13 heavy (non-hydrogen) atoms. The second-order valence-corrected chi connectivity index (χ2v) is 4.04. The molecule has 1 aliphatic carbocycles. The van der Waals surface area contributed by atoms with Gasteiger partial charge < -0.3 is 14.8 Å². The van der Waals surface area contributed by atoms with Gasteiger partial charge in [0.2, 0.25) is 0 Å². The highest BCUT2D eigenvalue weighted by atomic mass is 16.5. The highest BCUT2D eigenvalue weighted by Crippen LogP contribution is 2.24. The van der Waals surface area contributed by atoms with Crippen molar-refractivity contribution in [2.45, 2.75) is 51.0 Å². The first kappa shape index (κ1) is 11.0. The van der Waals surface area contributed by atoms with Crippen molar-refractivity contribution < 1.29 is 9.47 Å². The van der Waals surface area contributed by atoms with Gasteiger partial charge in [0.25, 0.3) is 0 Å². The van der Waals surface area contributed by atoms with Gasteiger partial charge >= 0.3 is 0 Å². The molecule has 0 spiro atoms. The summed E-state index contributed by atoms with van der Waals surface area (Å²) in [5, 5.41) is 3.51. The lowest BCUT2D eigenvalue weighted by Crippen LogP contribution is -2.33. The fourth-order valence-electron chi connectivity index (χ4n) is 2.06. The summed E-state index contributed by atoms with van der Waals surface area (Å²) in [6.07, 6.45) is 2.66.